The Hall–Kier alpha value is -1.62. The zero-order chi connectivity index (χ0) is 13.4. The molecule has 0 saturated heterocycles. The molecule has 0 spiro atoms. The molecule has 1 aromatic carbocycles. The zero-order valence-electron chi connectivity index (χ0n) is 10.5. The van der Waals surface area contributed by atoms with Crippen LogP contribution in [0.3, 0.4) is 0 Å². The van der Waals surface area contributed by atoms with Crippen molar-refractivity contribution in [3.05, 3.63) is 36.4 Å². The minimum absolute atomic E-state index is 0.112. The van der Waals surface area contributed by atoms with E-state index in [-0.39, 0.29) is 5.91 Å². The maximum Gasteiger partial charge on any atom is 0.251 e. The van der Waals surface area contributed by atoms with Crippen LogP contribution in [0, 0.1) is 0 Å². The number of anilines is 2. The van der Waals surface area contributed by atoms with Crippen LogP contribution in [0.25, 0.3) is 0 Å². The smallest absolute Gasteiger partial charge is 0.251 e. The van der Waals surface area contributed by atoms with Gasteiger partial charge in [-0.05, 0) is 18.2 Å². The van der Waals surface area contributed by atoms with Crippen LogP contribution in [-0.2, 0) is 0 Å². The molecule has 4 nitrogen and oxygen atoms in total. The quantitative estimate of drug-likeness (QED) is 0.400. The van der Waals surface area contributed by atoms with E-state index in [1.807, 2.05) is 6.08 Å². The molecule has 0 fully saturated rings. The van der Waals surface area contributed by atoms with Crippen molar-refractivity contribution in [1.82, 2.24) is 5.32 Å². The van der Waals surface area contributed by atoms with E-state index in [1.54, 1.807) is 37.0 Å². The van der Waals surface area contributed by atoms with E-state index < -0.39 is 0 Å². The molecule has 0 aliphatic rings. The van der Waals surface area contributed by atoms with Crippen LogP contribution in [-0.4, -0.2) is 31.0 Å². The fraction of sp³-hybridized carbons (Fsp3) is 0.308. The summed E-state index contributed by atoms with van der Waals surface area (Å²) in [7, 11) is 1.61. The van der Waals surface area contributed by atoms with Gasteiger partial charge in [0.25, 0.3) is 5.91 Å². The second kappa shape index (κ2) is 7.66. The van der Waals surface area contributed by atoms with Crippen LogP contribution in [0.15, 0.2) is 30.9 Å². The Kier molecular flexibility index (Phi) is 6.14. The van der Waals surface area contributed by atoms with E-state index in [9.17, 15) is 4.79 Å². The lowest BCUT2D eigenvalue weighted by Gasteiger charge is -2.10. The SMILES string of the molecule is C=CCSCCNc1cc(C(=O)NC)ccc1N. The van der Waals surface area contributed by atoms with E-state index >= 15 is 0 Å². The molecule has 98 valence electrons. The normalized spacial score (nSPS) is 9.83. The molecule has 0 atom stereocenters. The Morgan fingerprint density at radius 3 is 3.00 bits per heavy atom. The summed E-state index contributed by atoms with van der Waals surface area (Å²) in [6.45, 7) is 4.47. The van der Waals surface area contributed by atoms with E-state index in [0.717, 1.165) is 23.7 Å². The van der Waals surface area contributed by atoms with Crippen LogP contribution in [0.1, 0.15) is 10.4 Å². The van der Waals surface area contributed by atoms with Gasteiger partial charge in [-0.1, -0.05) is 6.08 Å². The number of rotatable bonds is 7. The topological polar surface area (TPSA) is 67.2 Å². The summed E-state index contributed by atoms with van der Waals surface area (Å²) in [5.74, 6) is 1.80. The van der Waals surface area contributed by atoms with Crippen LogP contribution in [0.4, 0.5) is 11.4 Å². The summed E-state index contributed by atoms with van der Waals surface area (Å²) in [6, 6.07) is 5.22. The van der Waals surface area contributed by atoms with E-state index in [2.05, 4.69) is 17.2 Å². The predicted octanol–water partition coefficient (Wildman–Crippen LogP) is 1.96. The fourth-order valence-corrected chi connectivity index (χ4v) is 2.00. The molecule has 5 heteroatoms. The van der Waals surface area contributed by atoms with Crippen molar-refractivity contribution < 1.29 is 4.79 Å². The zero-order valence-corrected chi connectivity index (χ0v) is 11.3. The van der Waals surface area contributed by atoms with Crippen molar-refractivity contribution in [1.29, 1.82) is 0 Å². The van der Waals surface area contributed by atoms with Gasteiger partial charge in [-0.2, -0.15) is 11.8 Å². The molecule has 1 amide bonds. The summed E-state index contributed by atoms with van der Waals surface area (Å²) >= 11 is 1.79. The number of benzene rings is 1. The highest BCUT2D eigenvalue weighted by atomic mass is 32.2. The summed E-state index contributed by atoms with van der Waals surface area (Å²) < 4.78 is 0. The van der Waals surface area contributed by atoms with Gasteiger partial charge in [0.05, 0.1) is 11.4 Å². The van der Waals surface area contributed by atoms with Crippen LogP contribution in [0.5, 0.6) is 0 Å². The molecule has 0 aliphatic carbocycles. The third kappa shape index (κ3) is 4.33. The first kappa shape index (κ1) is 14.4. The summed E-state index contributed by atoms with van der Waals surface area (Å²) in [5, 5.41) is 5.82. The summed E-state index contributed by atoms with van der Waals surface area (Å²) in [5.41, 5.74) is 7.91. The van der Waals surface area contributed by atoms with Gasteiger partial charge in [0.2, 0.25) is 0 Å². The molecule has 0 heterocycles. The lowest BCUT2D eigenvalue weighted by Crippen LogP contribution is -2.18. The Labute approximate surface area is 112 Å². The van der Waals surface area contributed by atoms with Crippen molar-refractivity contribution in [2.75, 3.05) is 36.1 Å². The number of thioether (sulfide) groups is 1. The van der Waals surface area contributed by atoms with Crippen LogP contribution < -0.4 is 16.4 Å². The second-order valence-electron chi connectivity index (χ2n) is 3.67. The first-order valence-electron chi connectivity index (χ1n) is 5.73. The highest BCUT2D eigenvalue weighted by Gasteiger charge is 2.06. The molecule has 0 unspecified atom stereocenters. The number of carbonyl (C=O) groups excluding carboxylic acids is 1. The highest BCUT2D eigenvalue weighted by Crippen LogP contribution is 2.20. The molecular weight excluding hydrogens is 246 g/mol. The van der Waals surface area contributed by atoms with Gasteiger partial charge in [-0.15, -0.1) is 6.58 Å². The number of hydrogen-bond acceptors (Lipinski definition) is 4. The van der Waals surface area contributed by atoms with Gasteiger partial charge in [0.1, 0.15) is 0 Å². The third-order valence-corrected chi connectivity index (χ3v) is 3.30. The van der Waals surface area contributed by atoms with Crippen LogP contribution in [0.2, 0.25) is 0 Å². The Morgan fingerprint density at radius 2 is 2.33 bits per heavy atom. The maximum absolute atomic E-state index is 11.5. The minimum Gasteiger partial charge on any atom is -0.397 e. The van der Waals surface area contributed by atoms with Gasteiger partial charge in [0, 0.05) is 30.7 Å². The van der Waals surface area contributed by atoms with Gasteiger partial charge >= 0.3 is 0 Å². The molecule has 0 bridgehead atoms. The maximum atomic E-state index is 11.5. The van der Waals surface area contributed by atoms with Crippen molar-refractivity contribution >= 4 is 29.0 Å². The Bertz CT molecular complexity index is 421. The molecule has 4 N–H and O–H groups in total. The molecule has 1 rings (SSSR count). The van der Waals surface area contributed by atoms with E-state index in [1.165, 1.54) is 0 Å². The third-order valence-electron chi connectivity index (χ3n) is 2.34. The molecule has 18 heavy (non-hydrogen) atoms. The number of nitrogens with two attached hydrogens (primary N) is 1. The first-order valence-corrected chi connectivity index (χ1v) is 6.88. The molecule has 0 aromatic heterocycles. The average Bonchev–Trinajstić information content (AvgIpc) is 2.39. The number of nitrogens with one attached hydrogen (secondary N) is 2. The van der Waals surface area contributed by atoms with Gasteiger partial charge in [-0.25, -0.2) is 0 Å². The molecular formula is C13H19N3OS. The van der Waals surface area contributed by atoms with Gasteiger partial charge in [0.15, 0.2) is 0 Å². The fourth-order valence-electron chi connectivity index (χ4n) is 1.42. The van der Waals surface area contributed by atoms with Gasteiger partial charge < -0.3 is 16.4 Å². The van der Waals surface area contributed by atoms with Crippen molar-refractivity contribution in [3.63, 3.8) is 0 Å². The summed E-state index contributed by atoms with van der Waals surface area (Å²) in [6.07, 6.45) is 1.88. The molecule has 1 aromatic rings. The monoisotopic (exact) mass is 265 g/mol. The average molecular weight is 265 g/mol. The summed E-state index contributed by atoms with van der Waals surface area (Å²) in [4.78, 5) is 11.5. The van der Waals surface area contributed by atoms with E-state index in [0.29, 0.717) is 11.3 Å². The van der Waals surface area contributed by atoms with Crippen molar-refractivity contribution in [2.24, 2.45) is 0 Å². The predicted molar refractivity (Wildman–Crippen MR) is 80.3 cm³/mol. The van der Waals surface area contributed by atoms with E-state index in [4.69, 9.17) is 5.73 Å². The minimum atomic E-state index is -0.112. The van der Waals surface area contributed by atoms with Crippen molar-refractivity contribution in [3.8, 4) is 0 Å². The second-order valence-corrected chi connectivity index (χ2v) is 4.82. The number of carbonyl (C=O) groups is 1. The molecule has 0 aliphatic heterocycles. The standard InChI is InChI=1S/C13H19N3OS/c1-3-7-18-8-6-16-12-9-10(13(17)15-2)4-5-11(12)14/h3-5,9,16H,1,6-8,14H2,2H3,(H,15,17). The number of nitrogen functional groups attached to an aromatic ring is 1. The Balaban J connectivity index is 2.58. The molecule has 0 saturated carbocycles. The van der Waals surface area contributed by atoms with Gasteiger partial charge in [-0.3, -0.25) is 4.79 Å². The number of hydrogen-bond donors (Lipinski definition) is 3. The highest BCUT2D eigenvalue weighted by molar-refractivity contribution is 7.99. The largest absolute Gasteiger partial charge is 0.397 e. The first-order chi connectivity index (χ1) is 8.69. The lowest BCUT2D eigenvalue weighted by atomic mass is 10.1. The number of amides is 1. The Morgan fingerprint density at radius 1 is 1.56 bits per heavy atom. The van der Waals surface area contributed by atoms with Crippen LogP contribution >= 0.6 is 11.8 Å². The molecule has 0 radical (unpaired) electrons. The van der Waals surface area contributed by atoms with Crippen molar-refractivity contribution in [2.45, 2.75) is 0 Å². The lowest BCUT2D eigenvalue weighted by molar-refractivity contribution is 0.0963.